The molecule has 0 aliphatic heterocycles. The van der Waals surface area contributed by atoms with Crippen LogP contribution in [-0.2, 0) is 6.61 Å². The fourth-order valence-corrected chi connectivity index (χ4v) is 2.35. The molecular formula is C15H11BrClNO2. The zero-order valence-corrected chi connectivity index (χ0v) is 13.0. The molecule has 0 atom stereocenters. The summed E-state index contributed by atoms with van der Waals surface area (Å²) in [6.07, 6.45) is 0. The Morgan fingerprint density at radius 2 is 1.95 bits per heavy atom. The first-order valence-corrected chi connectivity index (χ1v) is 6.96. The minimum atomic E-state index is 0.328. The van der Waals surface area contributed by atoms with Crippen molar-refractivity contribution >= 4 is 27.5 Å². The van der Waals surface area contributed by atoms with E-state index in [0.29, 0.717) is 22.9 Å². The summed E-state index contributed by atoms with van der Waals surface area (Å²) in [5.41, 5.74) is 1.41. The highest BCUT2D eigenvalue weighted by atomic mass is 79.9. The molecule has 2 aromatic rings. The Morgan fingerprint density at radius 1 is 1.20 bits per heavy atom. The highest BCUT2D eigenvalue weighted by Crippen LogP contribution is 2.28. The Kier molecular flexibility index (Phi) is 4.89. The third-order valence-electron chi connectivity index (χ3n) is 2.69. The second-order valence-electron chi connectivity index (χ2n) is 4.00. The maximum Gasteiger partial charge on any atom is 0.138 e. The first kappa shape index (κ1) is 14.7. The van der Waals surface area contributed by atoms with Gasteiger partial charge < -0.3 is 9.47 Å². The topological polar surface area (TPSA) is 42.2 Å². The molecule has 20 heavy (non-hydrogen) atoms. The molecule has 2 rings (SSSR count). The van der Waals surface area contributed by atoms with Crippen molar-refractivity contribution < 1.29 is 9.47 Å². The molecule has 0 bridgehead atoms. The van der Waals surface area contributed by atoms with Gasteiger partial charge in [0.25, 0.3) is 0 Å². The van der Waals surface area contributed by atoms with E-state index in [2.05, 4.69) is 15.9 Å². The third kappa shape index (κ3) is 3.44. The summed E-state index contributed by atoms with van der Waals surface area (Å²) >= 11 is 9.47. The molecule has 0 aromatic heterocycles. The van der Waals surface area contributed by atoms with E-state index in [1.165, 1.54) is 0 Å². The number of rotatable bonds is 4. The SMILES string of the molecule is COc1ccc(Br)cc1COc1ccc(C#N)cc1Cl. The molecule has 0 unspecified atom stereocenters. The highest BCUT2D eigenvalue weighted by molar-refractivity contribution is 9.10. The molecule has 5 heteroatoms. The van der Waals surface area contributed by atoms with E-state index >= 15 is 0 Å². The van der Waals surface area contributed by atoms with Crippen LogP contribution in [0.4, 0.5) is 0 Å². The number of ether oxygens (including phenoxy) is 2. The Balaban J connectivity index is 2.17. The van der Waals surface area contributed by atoms with Gasteiger partial charge in [-0.2, -0.15) is 5.26 Å². The fourth-order valence-electron chi connectivity index (χ4n) is 1.70. The van der Waals surface area contributed by atoms with Crippen molar-refractivity contribution in [2.24, 2.45) is 0 Å². The average molecular weight is 353 g/mol. The van der Waals surface area contributed by atoms with Crippen molar-refractivity contribution in [2.75, 3.05) is 7.11 Å². The molecule has 0 radical (unpaired) electrons. The van der Waals surface area contributed by atoms with Crippen LogP contribution in [0.2, 0.25) is 5.02 Å². The van der Waals surface area contributed by atoms with Gasteiger partial charge in [-0.15, -0.1) is 0 Å². The van der Waals surface area contributed by atoms with E-state index in [-0.39, 0.29) is 0 Å². The quantitative estimate of drug-likeness (QED) is 0.810. The lowest BCUT2D eigenvalue weighted by Gasteiger charge is -2.11. The second kappa shape index (κ2) is 6.65. The van der Waals surface area contributed by atoms with E-state index in [4.69, 9.17) is 26.3 Å². The lowest BCUT2D eigenvalue weighted by atomic mass is 10.2. The van der Waals surface area contributed by atoms with Crippen molar-refractivity contribution in [1.82, 2.24) is 0 Å². The Hall–Kier alpha value is -1.70. The molecule has 3 nitrogen and oxygen atoms in total. The summed E-state index contributed by atoms with van der Waals surface area (Å²) in [5, 5.41) is 9.20. The van der Waals surface area contributed by atoms with E-state index in [9.17, 15) is 0 Å². The van der Waals surface area contributed by atoms with Crippen LogP contribution in [0.25, 0.3) is 0 Å². The van der Waals surface area contributed by atoms with Crippen LogP contribution in [0, 0.1) is 11.3 Å². The molecule has 0 amide bonds. The molecule has 0 saturated carbocycles. The highest BCUT2D eigenvalue weighted by Gasteiger charge is 2.07. The van der Waals surface area contributed by atoms with Gasteiger partial charge in [0.05, 0.1) is 23.8 Å². The Labute approximate surface area is 130 Å². The van der Waals surface area contributed by atoms with Crippen LogP contribution >= 0.6 is 27.5 Å². The largest absolute Gasteiger partial charge is 0.496 e. The molecule has 0 N–H and O–H groups in total. The molecule has 102 valence electrons. The van der Waals surface area contributed by atoms with Crippen molar-refractivity contribution in [3.8, 4) is 17.6 Å². The van der Waals surface area contributed by atoms with Gasteiger partial charge in [-0.05, 0) is 36.4 Å². The predicted molar refractivity (Wildman–Crippen MR) is 81.2 cm³/mol. The van der Waals surface area contributed by atoms with Gasteiger partial charge in [-0.1, -0.05) is 27.5 Å². The molecule has 0 spiro atoms. The third-order valence-corrected chi connectivity index (χ3v) is 3.48. The van der Waals surface area contributed by atoms with Crippen LogP contribution in [0.15, 0.2) is 40.9 Å². The second-order valence-corrected chi connectivity index (χ2v) is 5.32. The molecule has 2 aromatic carbocycles. The zero-order chi connectivity index (χ0) is 14.5. The van der Waals surface area contributed by atoms with Crippen molar-refractivity contribution in [3.63, 3.8) is 0 Å². The van der Waals surface area contributed by atoms with Crippen LogP contribution in [-0.4, -0.2) is 7.11 Å². The summed E-state index contributed by atoms with van der Waals surface area (Å²) in [4.78, 5) is 0. The summed E-state index contributed by atoms with van der Waals surface area (Å²) < 4.78 is 11.9. The first-order valence-electron chi connectivity index (χ1n) is 5.79. The monoisotopic (exact) mass is 351 g/mol. The maximum absolute atomic E-state index is 8.79. The van der Waals surface area contributed by atoms with Gasteiger partial charge in [-0.25, -0.2) is 0 Å². The van der Waals surface area contributed by atoms with Gasteiger partial charge in [0, 0.05) is 10.0 Å². The number of hydrogen-bond acceptors (Lipinski definition) is 3. The number of nitriles is 1. The molecular weight excluding hydrogens is 342 g/mol. The molecule has 0 aliphatic carbocycles. The minimum absolute atomic E-state index is 0.328. The van der Waals surface area contributed by atoms with Gasteiger partial charge >= 0.3 is 0 Å². The zero-order valence-electron chi connectivity index (χ0n) is 10.7. The predicted octanol–water partition coefficient (Wildman–Crippen LogP) is 4.56. The van der Waals surface area contributed by atoms with E-state index in [1.54, 1.807) is 25.3 Å². The van der Waals surface area contributed by atoms with Gasteiger partial charge in [0.2, 0.25) is 0 Å². The number of methoxy groups -OCH3 is 1. The van der Waals surface area contributed by atoms with E-state index in [0.717, 1.165) is 15.8 Å². The van der Waals surface area contributed by atoms with E-state index in [1.807, 2.05) is 24.3 Å². The van der Waals surface area contributed by atoms with Crippen molar-refractivity contribution in [2.45, 2.75) is 6.61 Å². The standard InChI is InChI=1S/C15H11BrClNO2/c1-19-14-5-3-12(16)7-11(14)9-20-15-4-2-10(8-18)6-13(15)17/h2-7H,9H2,1H3. The maximum atomic E-state index is 8.79. The molecule has 0 aliphatic rings. The minimum Gasteiger partial charge on any atom is -0.496 e. The summed E-state index contributed by atoms with van der Waals surface area (Å²) in [6.45, 7) is 0.328. The van der Waals surface area contributed by atoms with Crippen molar-refractivity contribution in [1.29, 1.82) is 5.26 Å². The van der Waals surface area contributed by atoms with Gasteiger partial charge in [-0.3, -0.25) is 0 Å². The van der Waals surface area contributed by atoms with Gasteiger partial charge in [0.15, 0.2) is 0 Å². The van der Waals surface area contributed by atoms with Crippen molar-refractivity contribution in [3.05, 3.63) is 57.0 Å². The lowest BCUT2D eigenvalue weighted by Crippen LogP contribution is -1.99. The normalized spacial score (nSPS) is 9.90. The van der Waals surface area contributed by atoms with Crippen LogP contribution in [0.1, 0.15) is 11.1 Å². The van der Waals surface area contributed by atoms with E-state index < -0.39 is 0 Å². The number of hydrogen-bond donors (Lipinski definition) is 0. The first-order chi connectivity index (χ1) is 9.63. The summed E-state index contributed by atoms with van der Waals surface area (Å²) in [6, 6.07) is 12.6. The lowest BCUT2D eigenvalue weighted by molar-refractivity contribution is 0.297. The number of nitrogens with zero attached hydrogens (tertiary/aromatic N) is 1. The Morgan fingerprint density at radius 3 is 2.60 bits per heavy atom. The Bertz CT molecular complexity index is 667. The summed E-state index contributed by atoms with van der Waals surface area (Å²) in [7, 11) is 1.61. The van der Waals surface area contributed by atoms with Gasteiger partial charge in [0.1, 0.15) is 18.1 Å². The summed E-state index contributed by atoms with van der Waals surface area (Å²) in [5.74, 6) is 1.28. The van der Waals surface area contributed by atoms with Crippen LogP contribution in [0.3, 0.4) is 0 Å². The van der Waals surface area contributed by atoms with Crippen LogP contribution < -0.4 is 9.47 Å². The smallest absolute Gasteiger partial charge is 0.138 e. The number of halogens is 2. The number of benzene rings is 2. The molecule has 0 fully saturated rings. The molecule has 0 heterocycles. The average Bonchev–Trinajstić information content (AvgIpc) is 2.46. The fraction of sp³-hybridized carbons (Fsp3) is 0.133. The molecule has 0 saturated heterocycles. The van der Waals surface area contributed by atoms with Crippen LogP contribution in [0.5, 0.6) is 11.5 Å².